The van der Waals surface area contributed by atoms with E-state index in [2.05, 4.69) is 10.0 Å². The molecule has 0 saturated carbocycles. The minimum Gasteiger partial charge on any atom is -0.258 e. The number of rotatable bonds is 4. The fourth-order valence-corrected chi connectivity index (χ4v) is 1.08. The lowest BCUT2D eigenvalue weighted by Crippen LogP contribution is -1.95. The second-order valence-corrected chi connectivity index (χ2v) is 2.75. The largest absolute Gasteiger partial charge is 0.305 e. The molecule has 0 N–H and O–H groups in total. The second kappa shape index (κ2) is 4.92. The minimum absolute atomic E-state index is 0.194. The third kappa shape index (κ3) is 2.92. The maximum atomic E-state index is 12.9. The van der Waals surface area contributed by atoms with Gasteiger partial charge < -0.3 is 0 Å². The van der Waals surface area contributed by atoms with Gasteiger partial charge in [-0.05, 0) is 23.6 Å². The van der Waals surface area contributed by atoms with E-state index in [-0.39, 0.29) is 6.54 Å². The van der Waals surface area contributed by atoms with Crippen LogP contribution in [-0.4, -0.2) is 11.5 Å². The summed E-state index contributed by atoms with van der Waals surface area (Å²) >= 11 is 0. The van der Waals surface area contributed by atoms with E-state index < -0.39 is 16.4 Å². The van der Waals surface area contributed by atoms with Gasteiger partial charge >= 0.3 is 5.69 Å². The van der Waals surface area contributed by atoms with E-state index >= 15 is 0 Å². The molecular formula is C8H7FN4O2. The van der Waals surface area contributed by atoms with Gasteiger partial charge in [0, 0.05) is 17.5 Å². The zero-order chi connectivity index (χ0) is 11.3. The van der Waals surface area contributed by atoms with Gasteiger partial charge in [-0.25, -0.2) is 0 Å². The van der Waals surface area contributed by atoms with E-state index in [4.69, 9.17) is 5.53 Å². The Morgan fingerprint density at radius 2 is 2.33 bits per heavy atom. The zero-order valence-electron chi connectivity index (χ0n) is 7.63. The zero-order valence-corrected chi connectivity index (χ0v) is 7.63. The fourth-order valence-electron chi connectivity index (χ4n) is 1.08. The van der Waals surface area contributed by atoms with Crippen molar-refractivity contribution in [1.82, 2.24) is 0 Å². The van der Waals surface area contributed by atoms with Crippen molar-refractivity contribution in [2.24, 2.45) is 5.11 Å². The molecule has 0 unspecified atom stereocenters. The summed E-state index contributed by atoms with van der Waals surface area (Å²) in [5.74, 6) is -0.868. The molecule has 1 rings (SSSR count). The summed E-state index contributed by atoms with van der Waals surface area (Å²) in [5.41, 5.74) is 8.02. The Labute approximate surface area is 84.1 Å². The molecule has 78 valence electrons. The standard InChI is InChI=1S/C8H7FN4O2/c9-7-2-1-6(3-4-11-12-10)5-8(7)13(14)15/h1-2,5H,3-4H2. The smallest absolute Gasteiger partial charge is 0.258 e. The van der Waals surface area contributed by atoms with Crippen LogP contribution in [0.1, 0.15) is 5.56 Å². The van der Waals surface area contributed by atoms with Crippen molar-refractivity contribution >= 4 is 5.69 Å². The molecule has 0 spiro atoms. The Morgan fingerprint density at radius 1 is 1.60 bits per heavy atom. The first kappa shape index (κ1) is 10.9. The molecule has 0 fully saturated rings. The summed E-state index contributed by atoms with van der Waals surface area (Å²) in [5, 5.41) is 13.7. The molecule has 0 amide bonds. The summed E-state index contributed by atoms with van der Waals surface area (Å²) < 4.78 is 12.9. The summed E-state index contributed by atoms with van der Waals surface area (Å²) in [6.07, 6.45) is 0.352. The third-order valence-corrected chi connectivity index (χ3v) is 1.77. The number of halogens is 1. The van der Waals surface area contributed by atoms with Crippen molar-refractivity contribution in [2.45, 2.75) is 6.42 Å². The van der Waals surface area contributed by atoms with Gasteiger partial charge in [0.15, 0.2) is 0 Å². The number of azide groups is 1. The Bertz CT molecular complexity index is 429. The monoisotopic (exact) mass is 210 g/mol. The van der Waals surface area contributed by atoms with E-state index in [1.807, 2.05) is 0 Å². The highest BCUT2D eigenvalue weighted by Crippen LogP contribution is 2.18. The molecule has 7 heteroatoms. The van der Waals surface area contributed by atoms with Crippen LogP contribution in [0.4, 0.5) is 10.1 Å². The molecule has 1 aromatic rings. The van der Waals surface area contributed by atoms with E-state index in [1.165, 1.54) is 6.07 Å². The van der Waals surface area contributed by atoms with Crippen LogP contribution in [0.5, 0.6) is 0 Å². The molecule has 1 aromatic carbocycles. The van der Waals surface area contributed by atoms with Crippen LogP contribution in [0, 0.1) is 15.9 Å². The number of nitro groups is 1. The van der Waals surface area contributed by atoms with E-state index in [0.717, 1.165) is 12.1 Å². The average molecular weight is 210 g/mol. The third-order valence-electron chi connectivity index (χ3n) is 1.77. The lowest BCUT2D eigenvalue weighted by Gasteiger charge is -1.98. The normalized spacial score (nSPS) is 9.40. The van der Waals surface area contributed by atoms with Crippen LogP contribution in [0.3, 0.4) is 0 Å². The van der Waals surface area contributed by atoms with Crippen molar-refractivity contribution in [1.29, 1.82) is 0 Å². The van der Waals surface area contributed by atoms with Crippen molar-refractivity contribution in [3.63, 3.8) is 0 Å². The number of hydrogen-bond donors (Lipinski definition) is 0. The first-order valence-corrected chi connectivity index (χ1v) is 4.09. The van der Waals surface area contributed by atoms with Gasteiger partial charge in [0.25, 0.3) is 0 Å². The number of nitrogens with zero attached hydrogens (tertiary/aromatic N) is 4. The van der Waals surface area contributed by atoms with Crippen LogP contribution in [0.2, 0.25) is 0 Å². The van der Waals surface area contributed by atoms with Crippen LogP contribution in [-0.2, 0) is 6.42 Å². The molecule has 0 heterocycles. The Balaban J connectivity index is 2.87. The molecule has 0 bridgehead atoms. The highest BCUT2D eigenvalue weighted by Gasteiger charge is 2.13. The van der Waals surface area contributed by atoms with Crippen molar-refractivity contribution in [3.8, 4) is 0 Å². The molecule has 0 aromatic heterocycles. The lowest BCUT2D eigenvalue weighted by atomic mass is 10.1. The van der Waals surface area contributed by atoms with Gasteiger partial charge in [-0.3, -0.25) is 10.1 Å². The summed E-state index contributed by atoms with van der Waals surface area (Å²) in [6.45, 7) is 0.194. The van der Waals surface area contributed by atoms with Gasteiger partial charge in [-0.15, -0.1) is 0 Å². The number of benzene rings is 1. The lowest BCUT2D eigenvalue weighted by molar-refractivity contribution is -0.387. The van der Waals surface area contributed by atoms with E-state index in [1.54, 1.807) is 0 Å². The van der Waals surface area contributed by atoms with Gasteiger partial charge in [-0.1, -0.05) is 11.2 Å². The Hall–Kier alpha value is -2.14. The van der Waals surface area contributed by atoms with E-state index in [0.29, 0.717) is 12.0 Å². The van der Waals surface area contributed by atoms with Crippen molar-refractivity contribution in [2.75, 3.05) is 6.54 Å². The van der Waals surface area contributed by atoms with Crippen molar-refractivity contribution in [3.05, 3.63) is 50.1 Å². The molecule has 0 atom stereocenters. The first-order valence-electron chi connectivity index (χ1n) is 4.09. The van der Waals surface area contributed by atoms with Gasteiger partial charge in [-0.2, -0.15) is 4.39 Å². The fraction of sp³-hybridized carbons (Fsp3) is 0.250. The molecule has 6 nitrogen and oxygen atoms in total. The summed E-state index contributed by atoms with van der Waals surface area (Å²) in [6, 6.07) is 3.60. The highest BCUT2D eigenvalue weighted by molar-refractivity contribution is 5.36. The molecule has 0 aliphatic rings. The quantitative estimate of drug-likeness (QED) is 0.251. The van der Waals surface area contributed by atoms with Crippen molar-refractivity contribution < 1.29 is 9.31 Å². The number of nitro benzene ring substituents is 1. The van der Waals surface area contributed by atoms with Gasteiger partial charge in [0.05, 0.1) is 4.92 Å². The van der Waals surface area contributed by atoms with Crippen LogP contribution in [0.15, 0.2) is 23.3 Å². The maximum Gasteiger partial charge on any atom is 0.305 e. The molecule has 0 aliphatic carbocycles. The number of hydrogen-bond acceptors (Lipinski definition) is 3. The topological polar surface area (TPSA) is 91.9 Å². The Morgan fingerprint density at radius 3 is 2.93 bits per heavy atom. The van der Waals surface area contributed by atoms with Crippen LogP contribution in [0.25, 0.3) is 10.4 Å². The molecule has 0 radical (unpaired) electrons. The summed E-state index contributed by atoms with van der Waals surface area (Å²) in [4.78, 5) is 12.1. The maximum absolute atomic E-state index is 12.9. The predicted molar refractivity (Wildman–Crippen MR) is 50.8 cm³/mol. The minimum atomic E-state index is -0.868. The molecule has 0 saturated heterocycles. The first-order chi connectivity index (χ1) is 7.15. The second-order valence-electron chi connectivity index (χ2n) is 2.75. The molecule has 15 heavy (non-hydrogen) atoms. The van der Waals surface area contributed by atoms with Crippen LogP contribution < -0.4 is 0 Å². The van der Waals surface area contributed by atoms with Crippen LogP contribution >= 0.6 is 0 Å². The van der Waals surface area contributed by atoms with Gasteiger partial charge in [0.2, 0.25) is 5.82 Å². The van der Waals surface area contributed by atoms with Gasteiger partial charge in [0.1, 0.15) is 0 Å². The highest BCUT2D eigenvalue weighted by atomic mass is 19.1. The molecular weight excluding hydrogens is 203 g/mol. The SMILES string of the molecule is [N-]=[N+]=NCCc1ccc(F)c([N+](=O)[O-])c1. The summed E-state index contributed by atoms with van der Waals surface area (Å²) in [7, 11) is 0. The predicted octanol–water partition coefficient (Wildman–Crippen LogP) is 2.59. The Kier molecular flexibility index (Phi) is 3.59. The average Bonchev–Trinajstić information content (AvgIpc) is 2.20. The van der Waals surface area contributed by atoms with E-state index in [9.17, 15) is 14.5 Å². The molecule has 0 aliphatic heterocycles.